The summed E-state index contributed by atoms with van der Waals surface area (Å²) in [6, 6.07) is 3.72. The van der Waals surface area contributed by atoms with Gasteiger partial charge in [-0.2, -0.15) is 0 Å². The summed E-state index contributed by atoms with van der Waals surface area (Å²) in [4.78, 5) is 15.6. The van der Waals surface area contributed by atoms with Gasteiger partial charge in [0.2, 0.25) is 5.91 Å². The lowest BCUT2D eigenvalue weighted by Gasteiger charge is -2.26. The highest BCUT2D eigenvalue weighted by Gasteiger charge is 2.24. The van der Waals surface area contributed by atoms with Crippen molar-refractivity contribution in [2.75, 3.05) is 13.2 Å². The van der Waals surface area contributed by atoms with Crippen LogP contribution in [0.15, 0.2) is 24.5 Å². The molecular weight excluding hydrogens is 220 g/mol. The van der Waals surface area contributed by atoms with E-state index in [4.69, 9.17) is 10.2 Å². The summed E-state index contributed by atoms with van der Waals surface area (Å²) in [5.41, 5.74) is 0.0313. The van der Waals surface area contributed by atoms with E-state index in [1.54, 1.807) is 19.3 Å². The van der Waals surface area contributed by atoms with Gasteiger partial charge in [-0.3, -0.25) is 9.78 Å². The fourth-order valence-electron chi connectivity index (χ4n) is 1.33. The van der Waals surface area contributed by atoms with Gasteiger partial charge < -0.3 is 15.5 Å². The predicted octanol–water partition coefficient (Wildman–Crippen LogP) is -0.126. The Morgan fingerprint density at radius 3 is 2.71 bits per heavy atom. The van der Waals surface area contributed by atoms with E-state index < -0.39 is 5.54 Å². The minimum Gasteiger partial charge on any atom is -0.394 e. The van der Waals surface area contributed by atoms with Crippen LogP contribution in [-0.4, -0.2) is 39.9 Å². The first-order valence-corrected chi connectivity index (χ1v) is 5.51. The highest BCUT2D eigenvalue weighted by atomic mass is 16.3. The number of aryl methyl sites for hydroxylation is 1. The molecule has 0 spiro atoms. The van der Waals surface area contributed by atoms with Crippen molar-refractivity contribution in [3.8, 4) is 0 Å². The highest BCUT2D eigenvalue weighted by Crippen LogP contribution is 2.04. The van der Waals surface area contributed by atoms with Crippen molar-refractivity contribution < 1.29 is 15.0 Å². The molecule has 94 valence electrons. The molecule has 0 saturated carbocycles. The van der Waals surface area contributed by atoms with Crippen molar-refractivity contribution in [2.45, 2.75) is 25.3 Å². The predicted molar refractivity (Wildman–Crippen MR) is 63.3 cm³/mol. The van der Waals surface area contributed by atoms with Gasteiger partial charge in [0.25, 0.3) is 0 Å². The molecule has 0 saturated heterocycles. The third kappa shape index (κ3) is 4.50. The van der Waals surface area contributed by atoms with Gasteiger partial charge in [-0.05, 0) is 25.0 Å². The molecule has 5 heteroatoms. The van der Waals surface area contributed by atoms with Crippen molar-refractivity contribution in [2.24, 2.45) is 0 Å². The Labute approximate surface area is 101 Å². The molecule has 1 amide bonds. The lowest BCUT2D eigenvalue weighted by molar-refractivity contribution is -0.124. The van der Waals surface area contributed by atoms with Crippen LogP contribution in [0.25, 0.3) is 0 Å². The standard InChI is InChI=1S/C12H18N2O3/c1-12(8-15,9-16)14-11(17)5-4-10-3-2-6-13-7-10/h2-3,6-7,15-16H,4-5,8-9H2,1H3,(H,14,17). The number of pyridine rings is 1. The Morgan fingerprint density at radius 1 is 1.47 bits per heavy atom. The lowest BCUT2D eigenvalue weighted by Crippen LogP contribution is -2.51. The SMILES string of the molecule is CC(CO)(CO)NC(=O)CCc1cccnc1. The zero-order valence-electron chi connectivity index (χ0n) is 9.89. The van der Waals surface area contributed by atoms with E-state index in [0.29, 0.717) is 12.8 Å². The number of carbonyl (C=O) groups excluding carboxylic acids is 1. The zero-order valence-corrected chi connectivity index (χ0v) is 9.89. The molecule has 3 N–H and O–H groups in total. The third-order valence-electron chi connectivity index (χ3n) is 2.50. The maximum Gasteiger partial charge on any atom is 0.220 e. The van der Waals surface area contributed by atoms with E-state index in [1.165, 1.54) is 0 Å². The van der Waals surface area contributed by atoms with Crippen molar-refractivity contribution >= 4 is 5.91 Å². The maximum atomic E-state index is 11.6. The summed E-state index contributed by atoms with van der Waals surface area (Å²) in [7, 11) is 0. The van der Waals surface area contributed by atoms with Crippen molar-refractivity contribution in [1.29, 1.82) is 0 Å². The minimum atomic E-state index is -0.952. The summed E-state index contributed by atoms with van der Waals surface area (Å²) in [6.45, 7) is 1.01. The van der Waals surface area contributed by atoms with Gasteiger partial charge in [0.1, 0.15) is 0 Å². The molecule has 0 fully saturated rings. The molecule has 0 aliphatic carbocycles. The van der Waals surface area contributed by atoms with Crippen LogP contribution in [0.5, 0.6) is 0 Å². The van der Waals surface area contributed by atoms with Crippen LogP contribution in [0, 0.1) is 0 Å². The van der Waals surface area contributed by atoms with Crippen LogP contribution in [-0.2, 0) is 11.2 Å². The summed E-state index contributed by atoms with van der Waals surface area (Å²) in [5, 5.41) is 20.7. The molecular formula is C12H18N2O3. The van der Waals surface area contributed by atoms with E-state index in [1.807, 2.05) is 12.1 Å². The molecule has 1 heterocycles. The van der Waals surface area contributed by atoms with Gasteiger partial charge >= 0.3 is 0 Å². The molecule has 1 aromatic rings. The van der Waals surface area contributed by atoms with Crippen LogP contribution in [0.2, 0.25) is 0 Å². The average molecular weight is 238 g/mol. The number of amides is 1. The second-order valence-electron chi connectivity index (χ2n) is 4.29. The van der Waals surface area contributed by atoms with Crippen molar-refractivity contribution in [3.05, 3.63) is 30.1 Å². The first-order chi connectivity index (χ1) is 8.09. The second-order valence-corrected chi connectivity index (χ2v) is 4.29. The molecule has 17 heavy (non-hydrogen) atoms. The molecule has 0 atom stereocenters. The Hall–Kier alpha value is -1.46. The summed E-state index contributed by atoms with van der Waals surface area (Å²) in [6.07, 6.45) is 4.29. The largest absolute Gasteiger partial charge is 0.394 e. The van der Waals surface area contributed by atoms with Crippen molar-refractivity contribution in [3.63, 3.8) is 0 Å². The van der Waals surface area contributed by atoms with Crippen LogP contribution >= 0.6 is 0 Å². The van der Waals surface area contributed by atoms with Gasteiger partial charge in [-0.25, -0.2) is 0 Å². The van der Waals surface area contributed by atoms with E-state index >= 15 is 0 Å². The Balaban J connectivity index is 2.40. The number of aliphatic hydroxyl groups excluding tert-OH is 2. The maximum absolute atomic E-state index is 11.6. The van der Waals surface area contributed by atoms with Crippen LogP contribution in [0.1, 0.15) is 18.9 Å². The number of nitrogens with one attached hydrogen (secondary N) is 1. The Kier molecular flexibility index (Phi) is 5.06. The van der Waals surface area contributed by atoms with E-state index in [9.17, 15) is 4.79 Å². The number of hydrogen-bond donors (Lipinski definition) is 3. The molecule has 5 nitrogen and oxygen atoms in total. The molecule has 1 aromatic heterocycles. The minimum absolute atomic E-state index is 0.195. The number of aromatic nitrogens is 1. The van der Waals surface area contributed by atoms with Crippen LogP contribution in [0.4, 0.5) is 0 Å². The van der Waals surface area contributed by atoms with Gasteiger partial charge in [0, 0.05) is 18.8 Å². The average Bonchev–Trinajstić information content (AvgIpc) is 2.37. The summed E-state index contributed by atoms with van der Waals surface area (Å²) in [5.74, 6) is -0.195. The molecule has 0 radical (unpaired) electrons. The van der Waals surface area contributed by atoms with Gasteiger partial charge in [-0.1, -0.05) is 6.07 Å². The third-order valence-corrected chi connectivity index (χ3v) is 2.50. The van der Waals surface area contributed by atoms with E-state index in [0.717, 1.165) is 5.56 Å². The topological polar surface area (TPSA) is 82.5 Å². The van der Waals surface area contributed by atoms with Crippen molar-refractivity contribution in [1.82, 2.24) is 10.3 Å². The van der Waals surface area contributed by atoms with Gasteiger partial charge in [0.05, 0.1) is 18.8 Å². The lowest BCUT2D eigenvalue weighted by atomic mass is 10.0. The quantitative estimate of drug-likeness (QED) is 0.645. The molecule has 0 bridgehead atoms. The first kappa shape index (κ1) is 13.6. The fourth-order valence-corrected chi connectivity index (χ4v) is 1.33. The number of aliphatic hydroxyl groups is 2. The number of rotatable bonds is 6. The molecule has 0 unspecified atom stereocenters. The smallest absolute Gasteiger partial charge is 0.220 e. The Bertz CT molecular complexity index is 350. The fraction of sp³-hybridized carbons (Fsp3) is 0.500. The summed E-state index contributed by atoms with van der Waals surface area (Å²) >= 11 is 0. The number of nitrogens with zero attached hydrogens (tertiary/aromatic N) is 1. The normalized spacial score (nSPS) is 11.2. The van der Waals surface area contributed by atoms with E-state index in [-0.39, 0.29) is 19.1 Å². The Morgan fingerprint density at radius 2 is 2.18 bits per heavy atom. The summed E-state index contributed by atoms with van der Waals surface area (Å²) < 4.78 is 0. The molecule has 0 aliphatic heterocycles. The van der Waals surface area contributed by atoms with Gasteiger partial charge in [0.15, 0.2) is 0 Å². The zero-order chi connectivity index (χ0) is 12.7. The molecule has 0 aliphatic rings. The second kappa shape index (κ2) is 6.32. The highest BCUT2D eigenvalue weighted by molar-refractivity contribution is 5.77. The van der Waals surface area contributed by atoms with Crippen LogP contribution in [0.3, 0.4) is 0 Å². The monoisotopic (exact) mass is 238 g/mol. The first-order valence-electron chi connectivity index (χ1n) is 5.51. The van der Waals surface area contributed by atoms with Crippen LogP contribution < -0.4 is 5.32 Å². The molecule has 1 rings (SSSR count). The number of carbonyl (C=O) groups is 1. The number of hydrogen-bond acceptors (Lipinski definition) is 4. The molecule has 0 aromatic carbocycles. The van der Waals surface area contributed by atoms with Gasteiger partial charge in [-0.15, -0.1) is 0 Å². The van der Waals surface area contributed by atoms with E-state index in [2.05, 4.69) is 10.3 Å².